The van der Waals surface area contributed by atoms with E-state index in [9.17, 15) is 12.8 Å². The summed E-state index contributed by atoms with van der Waals surface area (Å²) in [4.78, 5) is 12.0. The summed E-state index contributed by atoms with van der Waals surface area (Å²) in [5.41, 5.74) is 7.49. The molecule has 16 heteroatoms. The summed E-state index contributed by atoms with van der Waals surface area (Å²) in [6.07, 6.45) is -0.266. The third-order valence-electron chi connectivity index (χ3n) is 5.00. The summed E-state index contributed by atoms with van der Waals surface area (Å²) < 4.78 is 53.4. The number of nitrogens with one attached hydrogen (secondary N) is 2. The molecule has 1 aromatic carbocycles. The van der Waals surface area contributed by atoms with Crippen molar-refractivity contribution in [3.63, 3.8) is 0 Å². The Morgan fingerprint density at radius 1 is 1.29 bits per heavy atom. The lowest BCUT2D eigenvalue weighted by Gasteiger charge is -2.12. The largest absolute Gasteiger partial charge is 0.454 e. The van der Waals surface area contributed by atoms with Crippen LogP contribution in [0.4, 0.5) is 10.2 Å². The highest BCUT2D eigenvalue weighted by atomic mass is 127. The van der Waals surface area contributed by atoms with Gasteiger partial charge in [0.05, 0.1) is 13.2 Å². The molecule has 0 aliphatic carbocycles. The number of rotatable bonds is 11. The van der Waals surface area contributed by atoms with Crippen LogP contribution >= 0.6 is 22.6 Å². The van der Waals surface area contributed by atoms with Crippen molar-refractivity contribution in [2.24, 2.45) is 5.14 Å². The Bertz CT molecular complexity index is 1380. The predicted molar refractivity (Wildman–Crippen MR) is 132 cm³/mol. The smallest absolute Gasteiger partial charge is 0.333 e. The van der Waals surface area contributed by atoms with E-state index in [0.29, 0.717) is 36.7 Å². The molecular formula is C19H22FIN8O5S. The van der Waals surface area contributed by atoms with E-state index in [-0.39, 0.29) is 49.2 Å². The highest BCUT2D eigenvalue weighted by Gasteiger charge is 2.21. The van der Waals surface area contributed by atoms with Gasteiger partial charge in [0.1, 0.15) is 5.82 Å². The molecule has 0 saturated carbocycles. The molecule has 1 aliphatic rings. The van der Waals surface area contributed by atoms with Crippen molar-refractivity contribution in [3.8, 4) is 11.5 Å². The molecule has 3 aromatic rings. The predicted octanol–water partition coefficient (Wildman–Crippen LogP) is 0.691. The number of imidazole rings is 1. The van der Waals surface area contributed by atoms with E-state index in [0.717, 1.165) is 9.13 Å². The monoisotopic (exact) mass is 620 g/mol. The third kappa shape index (κ3) is 6.31. The molecule has 35 heavy (non-hydrogen) atoms. The van der Waals surface area contributed by atoms with Gasteiger partial charge in [0.25, 0.3) is 0 Å². The van der Waals surface area contributed by atoms with Crippen LogP contribution in [0.1, 0.15) is 17.8 Å². The molecule has 0 unspecified atom stereocenters. The second kappa shape index (κ2) is 10.5. The maximum atomic E-state index is 14.0. The molecule has 2 aromatic heterocycles. The molecule has 0 spiro atoms. The van der Waals surface area contributed by atoms with Crippen molar-refractivity contribution >= 4 is 55.6 Å². The molecule has 0 radical (unpaired) electrons. The van der Waals surface area contributed by atoms with Crippen LogP contribution in [-0.4, -0.2) is 60.1 Å². The van der Waals surface area contributed by atoms with Gasteiger partial charge < -0.3 is 30.5 Å². The molecule has 0 bridgehead atoms. The molecule has 0 saturated heterocycles. The number of aromatic nitrogens is 4. The molecule has 13 nitrogen and oxygen atoms in total. The Hall–Kier alpha value is -2.67. The summed E-state index contributed by atoms with van der Waals surface area (Å²) in [6.45, 7) is 0.743. The van der Waals surface area contributed by atoms with Crippen LogP contribution in [0.3, 0.4) is 0 Å². The van der Waals surface area contributed by atoms with E-state index in [2.05, 4.69) is 47.0 Å². The number of nitrogens with zero attached hydrogens (tertiary/aromatic N) is 4. The molecule has 0 fully saturated rings. The number of hydrogen-bond acceptors (Lipinski definition) is 11. The van der Waals surface area contributed by atoms with E-state index in [1.807, 2.05) is 12.1 Å². The number of fused-ring (bicyclic) bond motifs is 2. The summed E-state index contributed by atoms with van der Waals surface area (Å²) in [6, 6.07) is 3.73. The molecule has 188 valence electrons. The summed E-state index contributed by atoms with van der Waals surface area (Å²) in [7, 11) is -3.98. The molecule has 0 amide bonds. The highest BCUT2D eigenvalue weighted by Crippen LogP contribution is 2.36. The van der Waals surface area contributed by atoms with Gasteiger partial charge in [0, 0.05) is 22.2 Å². The lowest BCUT2D eigenvalue weighted by molar-refractivity contribution is 0.174. The van der Waals surface area contributed by atoms with Gasteiger partial charge in [-0.3, -0.25) is 4.18 Å². The summed E-state index contributed by atoms with van der Waals surface area (Å²) in [5.74, 6) is 1.71. The quantitative estimate of drug-likeness (QED) is 0.103. The van der Waals surface area contributed by atoms with Gasteiger partial charge in [0.15, 0.2) is 28.5 Å². The number of hydrogen-bond donors (Lipinski definition) is 4. The zero-order chi connectivity index (χ0) is 25.2. The first kappa shape index (κ1) is 25.4. The normalized spacial score (nSPS) is 13.0. The fraction of sp³-hybridized carbons (Fsp3) is 0.368. The van der Waals surface area contributed by atoms with Crippen LogP contribution < -0.4 is 25.7 Å². The Kier molecular flexibility index (Phi) is 7.64. The van der Waals surface area contributed by atoms with Crippen LogP contribution in [-0.2, 0) is 27.5 Å². The molecular weight excluding hydrogens is 598 g/mol. The Morgan fingerprint density at radius 2 is 2.03 bits per heavy atom. The first-order valence-electron chi connectivity index (χ1n) is 10.3. The van der Waals surface area contributed by atoms with E-state index in [4.69, 9.17) is 25.8 Å². The molecule has 1 aliphatic heterocycles. The number of benzene rings is 1. The lowest BCUT2D eigenvalue weighted by atomic mass is 10.1. The van der Waals surface area contributed by atoms with Crippen LogP contribution in [0.15, 0.2) is 12.1 Å². The zero-order valence-corrected chi connectivity index (χ0v) is 21.2. The maximum absolute atomic E-state index is 14.0. The van der Waals surface area contributed by atoms with E-state index >= 15 is 0 Å². The maximum Gasteiger partial charge on any atom is 0.333 e. The average molecular weight is 620 g/mol. The number of halogens is 2. The highest BCUT2D eigenvalue weighted by molar-refractivity contribution is 14.1. The average Bonchev–Trinajstić information content (AvgIpc) is 3.35. The van der Waals surface area contributed by atoms with Crippen LogP contribution in [0.25, 0.3) is 11.2 Å². The topological polar surface area (TPSA) is 193 Å². The van der Waals surface area contributed by atoms with Gasteiger partial charge in [0.2, 0.25) is 6.79 Å². The lowest BCUT2D eigenvalue weighted by Crippen LogP contribution is -2.28. The van der Waals surface area contributed by atoms with E-state index in [1.165, 1.54) is 0 Å². The fourth-order valence-corrected chi connectivity index (χ4v) is 4.44. The van der Waals surface area contributed by atoms with Crippen molar-refractivity contribution in [1.82, 2.24) is 24.8 Å². The Labute approximate surface area is 213 Å². The summed E-state index contributed by atoms with van der Waals surface area (Å²) in [5, 5.41) is 16.2. The first-order valence-corrected chi connectivity index (χ1v) is 12.9. The summed E-state index contributed by atoms with van der Waals surface area (Å²) >= 11 is 2.19. The van der Waals surface area contributed by atoms with Crippen molar-refractivity contribution in [1.29, 1.82) is 5.41 Å². The van der Waals surface area contributed by atoms with Crippen molar-refractivity contribution in [2.45, 2.75) is 19.4 Å². The molecule has 4 rings (SSSR count). The fourth-order valence-electron chi connectivity index (χ4n) is 3.46. The minimum absolute atomic E-state index is 0.0703. The van der Waals surface area contributed by atoms with E-state index in [1.54, 1.807) is 4.57 Å². The van der Waals surface area contributed by atoms with Crippen molar-refractivity contribution in [2.75, 3.05) is 32.2 Å². The number of anilines is 1. The number of nitrogens with two attached hydrogens (primary N) is 2. The van der Waals surface area contributed by atoms with Crippen LogP contribution in [0.2, 0.25) is 0 Å². The minimum Gasteiger partial charge on any atom is -0.454 e. The van der Waals surface area contributed by atoms with Crippen LogP contribution in [0.5, 0.6) is 11.5 Å². The van der Waals surface area contributed by atoms with Crippen LogP contribution in [0, 0.1) is 15.1 Å². The molecule has 6 N–H and O–H groups in total. The van der Waals surface area contributed by atoms with Crippen molar-refractivity contribution in [3.05, 3.63) is 33.2 Å². The van der Waals surface area contributed by atoms with Gasteiger partial charge in [-0.25, -0.2) is 10.1 Å². The van der Waals surface area contributed by atoms with Gasteiger partial charge in [-0.05, 0) is 53.3 Å². The Morgan fingerprint density at radius 3 is 2.77 bits per heavy atom. The standard InChI is InChI=1S/C19H22FIN8O5S/c20-19-27-17(23)16-18(28-19)29(8-11(22)7-25-2-1-3-34-35(24,30)31)15(26-16)5-10-4-13-14(6-12(10)21)33-9-32-13/h4,6,22,25H,1-3,5,7-9H2,(H2,23,27,28)(H2,24,30,31). The SMILES string of the molecule is N=C(CNCCCOS(N)(=O)=O)Cn1c(Cc2cc3c(cc2I)OCO3)nc2c(N)nc(F)nc21. The van der Waals surface area contributed by atoms with Gasteiger partial charge >= 0.3 is 16.4 Å². The number of ether oxygens (including phenoxy) is 2. The first-order chi connectivity index (χ1) is 16.6. The third-order valence-corrected chi connectivity index (χ3v) is 6.50. The van der Waals surface area contributed by atoms with Gasteiger partial charge in [-0.1, -0.05) is 0 Å². The van der Waals surface area contributed by atoms with E-state index < -0.39 is 16.4 Å². The Balaban J connectivity index is 1.51. The van der Waals surface area contributed by atoms with Gasteiger partial charge in [-0.2, -0.15) is 22.8 Å². The van der Waals surface area contributed by atoms with Gasteiger partial charge in [-0.15, -0.1) is 0 Å². The minimum atomic E-state index is -3.98. The number of nitrogen functional groups attached to an aromatic ring is 1. The molecule has 3 heterocycles. The second-order valence-corrected chi connectivity index (χ2v) is 9.97. The zero-order valence-electron chi connectivity index (χ0n) is 18.3. The second-order valence-electron chi connectivity index (χ2n) is 7.59. The van der Waals surface area contributed by atoms with Crippen molar-refractivity contribution < 1.29 is 26.5 Å². The molecule has 0 atom stereocenters.